The SMILES string of the molecule is C1CCc2c(nc(N3CCOCC3)c3sc4nnnc(N5CCOCC5)c4c23)C1. The zero-order chi connectivity index (χ0) is 19.2. The average Bonchev–Trinajstić information content (AvgIpc) is 3.20. The molecule has 5 heterocycles. The maximum Gasteiger partial charge on any atom is 0.164 e. The molecule has 0 spiro atoms. The van der Waals surface area contributed by atoms with Gasteiger partial charge in [-0.15, -0.1) is 21.5 Å². The Kier molecular flexibility index (Phi) is 4.46. The number of anilines is 2. The summed E-state index contributed by atoms with van der Waals surface area (Å²) in [7, 11) is 0. The van der Waals surface area contributed by atoms with E-state index in [-0.39, 0.29) is 0 Å². The van der Waals surface area contributed by atoms with E-state index in [9.17, 15) is 0 Å². The second kappa shape index (κ2) is 7.30. The van der Waals surface area contributed by atoms with Gasteiger partial charge in [-0.05, 0) is 36.5 Å². The Morgan fingerprint density at radius 2 is 1.45 bits per heavy atom. The molecule has 3 aliphatic rings. The summed E-state index contributed by atoms with van der Waals surface area (Å²) >= 11 is 1.72. The molecule has 3 aromatic heterocycles. The van der Waals surface area contributed by atoms with E-state index < -0.39 is 0 Å². The van der Waals surface area contributed by atoms with Gasteiger partial charge >= 0.3 is 0 Å². The quantitative estimate of drug-likeness (QED) is 0.634. The van der Waals surface area contributed by atoms with E-state index in [1.807, 2.05) is 0 Å². The van der Waals surface area contributed by atoms with Gasteiger partial charge in [0.05, 0.1) is 36.5 Å². The largest absolute Gasteiger partial charge is 0.378 e. The van der Waals surface area contributed by atoms with Crippen molar-refractivity contribution >= 4 is 43.3 Å². The molecular weight excluding hydrogens is 388 g/mol. The average molecular weight is 413 g/mol. The number of hydrogen-bond donors (Lipinski definition) is 0. The molecule has 0 unspecified atom stereocenters. The summed E-state index contributed by atoms with van der Waals surface area (Å²) < 4.78 is 12.4. The first-order valence-electron chi connectivity index (χ1n) is 10.5. The zero-order valence-corrected chi connectivity index (χ0v) is 17.2. The van der Waals surface area contributed by atoms with Crippen molar-refractivity contribution in [3.05, 3.63) is 11.3 Å². The van der Waals surface area contributed by atoms with Crippen LogP contribution in [0.4, 0.5) is 11.6 Å². The molecule has 2 aliphatic heterocycles. The monoisotopic (exact) mass is 412 g/mol. The Morgan fingerprint density at radius 3 is 2.21 bits per heavy atom. The van der Waals surface area contributed by atoms with Crippen molar-refractivity contribution in [2.75, 3.05) is 62.4 Å². The molecule has 0 radical (unpaired) electrons. The Morgan fingerprint density at radius 1 is 0.759 bits per heavy atom. The lowest BCUT2D eigenvalue weighted by Crippen LogP contribution is -2.37. The van der Waals surface area contributed by atoms with Crippen LogP contribution in [0.3, 0.4) is 0 Å². The predicted molar refractivity (Wildman–Crippen MR) is 113 cm³/mol. The van der Waals surface area contributed by atoms with E-state index in [1.165, 1.54) is 34.2 Å². The third-order valence-corrected chi connectivity index (χ3v) is 7.26. The fraction of sp³-hybridized carbons (Fsp3) is 0.600. The first kappa shape index (κ1) is 17.7. The van der Waals surface area contributed by atoms with Crippen LogP contribution in [-0.2, 0) is 22.3 Å². The summed E-state index contributed by atoms with van der Waals surface area (Å²) in [6.07, 6.45) is 4.57. The Labute approximate surface area is 172 Å². The van der Waals surface area contributed by atoms with Crippen molar-refractivity contribution in [1.29, 1.82) is 0 Å². The maximum absolute atomic E-state index is 5.59. The first-order valence-corrected chi connectivity index (χ1v) is 11.3. The number of aromatic nitrogens is 4. The Bertz CT molecular complexity index is 1060. The summed E-state index contributed by atoms with van der Waals surface area (Å²) in [4.78, 5) is 10.8. The molecule has 29 heavy (non-hydrogen) atoms. The van der Waals surface area contributed by atoms with Crippen LogP contribution in [-0.4, -0.2) is 73.0 Å². The van der Waals surface area contributed by atoms with E-state index in [2.05, 4.69) is 25.2 Å². The van der Waals surface area contributed by atoms with Gasteiger partial charge < -0.3 is 19.3 Å². The minimum atomic E-state index is 0.728. The van der Waals surface area contributed by atoms with Crippen LogP contribution < -0.4 is 9.80 Å². The van der Waals surface area contributed by atoms with Gasteiger partial charge in [-0.2, -0.15) is 0 Å². The number of fused-ring (bicyclic) bond motifs is 5. The molecule has 3 aromatic rings. The van der Waals surface area contributed by atoms with Gasteiger partial charge in [-0.3, -0.25) is 0 Å². The molecule has 152 valence electrons. The topological polar surface area (TPSA) is 76.5 Å². The number of morpholine rings is 2. The lowest BCUT2D eigenvalue weighted by atomic mass is 9.92. The van der Waals surface area contributed by atoms with Crippen LogP contribution in [0.2, 0.25) is 0 Å². The second-order valence-corrected chi connectivity index (χ2v) is 8.87. The zero-order valence-electron chi connectivity index (χ0n) is 16.4. The molecule has 9 heteroatoms. The maximum atomic E-state index is 5.59. The normalized spacial score (nSPS) is 20.4. The standard InChI is InChI=1S/C20H24N6O2S/c1-2-4-14-13(3-1)15-16-18(25-5-9-27-10-6-25)22-24-23-20(16)29-17(15)19(21-14)26-7-11-28-12-8-26/h1-12H2. The highest BCUT2D eigenvalue weighted by Gasteiger charge is 2.28. The highest BCUT2D eigenvalue weighted by Crippen LogP contribution is 2.45. The van der Waals surface area contributed by atoms with Crippen LogP contribution in [0.5, 0.6) is 0 Å². The smallest absolute Gasteiger partial charge is 0.164 e. The van der Waals surface area contributed by atoms with Crippen LogP contribution in [0.1, 0.15) is 24.1 Å². The molecule has 2 fully saturated rings. The number of aryl methyl sites for hydroxylation is 2. The molecular formula is C20H24N6O2S. The minimum Gasteiger partial charge on any atom is -0.378 e. The molecule has 8 nitrogen and oxygen atoms in total. The number of nitrogens with zero attached hydrogens (tertiary/aromatic N) is 6. The summed E-state index contributed by atoms with van der Waals surface area (Å²) in [5.74, 6) is 2.05. The van der Waals surface area contributed by atoms with E-state index in [0.717, 1.165) is 87.3 Å². The van der Waals surface area contributed by atoms with Gasteiger partial charge in [0.2, 0.25) is 0 Å². The fourth-order valence-electron chi connectivity index (χ4n) is 4.74. The fourth-order valence-corrected chi connectivity index (χ4v) is 5.90. The van der Waals surface area contributed by atoms with Crippen LogP contribution >= 0.6 is 11.3 Å². The summed E-state index contributed by atoms with van der Waals surface area (Å²) in [6.45, 7) is 6.42. The predicted octanol–water partition coefficient (Wildman–Crippen LogP) is 2.19. The Hall–Kier alpha value is -2.10. The molecule has 0 bridgehead atoms. The molecule has 0 saturated carbocycles. The molecule has 0 N–H and O–H groups in total. The van der Waals surface area contributed by atoms with E-state index in [1.54, 1.807) is 11.3 Å². The summed E-state index contributed by atoms with van der Waals surface area (Å²) in [5.41, 5.74) is 2.66. The molecule has 0 aromatic carbocycles. The van der Waals surface area contributed by atoms with Gasteiger partial charge in [0, 0.05) is 37.3 Å². The number of ether oxygens (including phenoxy) is 2. The number of thiophene rings is 1. The van der Waals surface area contributed by atoms with Crippen molar-refractivity contribution in [1.82, 2.24) is 20.4 Å². The van der Waals surface area contributed by atoms with E-state index in [0.29, 0.717) is 0 Å². The lowest BCUT2D eigenvalue weighted by molar-refractivity contribution is 0.122. The lowest BCUT2D eigenvalue weighted by Gasteiger charge is -2.30. The molecule has 0 amide bonds. The van der Waals surface area contributed by atoms with Crippen LogP contribution in [0.25, 0.3) is 20.3 Å². The van der Waals surface area contributed by atoms with Gasteiger partial charge in [0.1, 0.15) is 5.82 Å². The third kappa shape index (κ3) is 2.94. The van der Waals surface area contributed by atoms with E-state index in [4.69, 9.17) is 14.5 Å². The van der Waals surface area contributed by atoms with Crippen LogP contribution in [0, 0.1) is 0 Å². The second-order valence-electron chi connectivity index (χ2n) is 7.87. The highest BCUT2D eigenvalue weighted by atomic mass is 32.1. The van der Waals surface area contributed by atoms with Gasteiger partial charge in [0.25, 0.3) is 0 Å². The van der Waals surface area contributed by atoms with Crippen molar-refractivity contribution in [2.45, 2.75) is 25.7 Å². The van der Waals surface area contributed by atoms with Gasteiger partial charge in [-0.1, -0.05) is 0 Å². The van der Waals surface area contributed by atoms with Gasteiger partial charge in [0.15, 0.2) is 10.6 Å². The van der Waals surface area contributed by atoms with Crippen molar-refractivity contribution in [3.8, 4) is 0 Å². The van der Waals surface area contributed by atoms with Gasteiger partial charge in [-0.25, -0.2) is 4.98 Å². The molecule has 1 aliphatic carbocycles. The highest BCUT2D eigenvalue weighted by molar-refractivity contribution is 7.26. The Balaban J connectivity index is 1.63. The summed E-state index contributed by atoms with van der Waals surface area (Å²) in [6, 6.07) is 0. The van der Waals surface area contributed by atoms with Crippen molar-refractivity contribution in [3.63, 3.8) is 0 Å². The third-order valence-electron chi connectivity index (χ3n) is 6.19. The minimum absolute atomic E-state index is 0.728. The molecule has 0 atom stereocenters. The first-order chi connectivity index (χ1) is 14.4. The van der Waals surface area contributed by atoms with E-state index >= 15 is 0 Å². The van der Waals surface area contributed by atoms with Crippen molar-refractivity contribution in [2.24, 2.45) is 0 Å². The molecule has 6 rings (SSSR count). The summed E-state index contributed by atoms with van der Waals surface area (Å²) in [5, 5.41) is 15.5. The number of hydrogen-bond acceptors (Lipinski definition) is 9. The number of pyridine rings is 1. The number of rotatable bonds is 2. The van der Waals surface area contributed by atoms with Crippen molar-refractivity contribution < 1.29 is 9.47 Å². The molecule has 2 saturated heterocycles. The van der Waals surface area contributed by atoms with Crippen LogP contribution in [0.15, 0.2) is 0 Å².